The van der Waals surface area contributed by atoms with Crippen molar-refractivity contribution in [3.05, 3.63) is 42.2 Å². The molecular formula is C10H12FNO. The average Bonchev–Trinajstić information content (AvgIpc) is 2.17. The number of nitrogens with two attached hydrogens (primary N) is 1. The smallest absolute Gasteiger partial charge is 0.170 e. The average molecular weight is 181 g/mol. The van der Waals surface area contributed by atoms with E-state index in [9.17, 15) is 4.39 Å². The van der Waals surface area contributed by atoms with Crippen LogP contribution < -0.4 is 10.5 Å². The molecule has 70 valence electrons. The van der Waals surface area contributed by atoms with Crippen molar-refractivity contribution in [2.45, 2.75) is 6.04 Å². The second-order valence-corrected chi connectivity index (χ2v) is 2.62. The molecule has 0 radical (unpaired) electrons. The zero-order valence-electron chi connectivity index (χ0n) is 7.46. The van der Waals surface area contributed by atoms with Gasteiger partial charge in [0.05, 0.1) is 13.2 Å². The summed E-state index contributed by atoms with van der Waals surface area (Å²) in [4.78, 5) is 0. The second-order valence-electron chi connectivity index (χ2n) is 2.62. The van der Waals surface area contributed by atoms with Gasteiger partial charge in [0.1, 0.15) is 0 Å². The maximum Gasteiger partial charge on any atom is 0.170 e. The summed E-state index contributed by atoms with van der Waals surface area (Å²) in [5.41, 5.74) is 6.00. The van der Waals surface area contributed by atoms with Gasteiger partial charge in [-0.25, -0.2) is 4.39 Å². The molecule has 0 heterocycles. The minimum Gasteiger partial charge on any atom is -0.494 e. The molecule has 0 amide bonds. The zero-order valence-corrected chi connectivity index (χ0v) is 7.46. The third-order valence-electron chi connectivity index (χ3n) is 1.83. The fraction of sp³-hybridized carbons (Fsp3) is 0.200. The molecule has 0 saturated heterocycles. The van der Waals surface area contributed by atoms with Gasteiger partial charge in [0.15, 0.2) is 11.6 Å². The van der Waals surface area contributed by atoms with Crippen LogP contribution in [0.1, 0.15) is 11.6 Å². The summed E-state index contributed by atoms with van der Waals surface area (Å²) in [7, 11) is 1.42. The first-order chi connectivity index (χ1) is 6.20. The summed E-state index contributed by atoms with van der Waals surface area (Å²) in [5, 5.41) is 0. The number of ether oxygens (including phenoxy) is 1. The van der Waals surface area contributed by atoms with Crippen molar-refractivity contribution >= 4 is 0 Å². The van der Waals surface area contributed by atoms with E-state index in [1.807, 2.05) is 0 Å². The van der Waals surface area contributed by atoms with Crippen LogP contribution >= 0.6 is 0 Å². The first-order valence-corrected chi connectivity index (χ1v) is 3.91. The third kappa shape index (κ3) is 1.87. The highest BCUT2D eigenvalue weighted by Gasteiger charge is 2.11. The van der Waals surface area contributed by atoms with E-state index in [1.54, 1.807) is 18.2 Å². The molecule has 0 aliphatic heterocycles. The highest BCUT2D eigenvalue weighted by molar-refractivity contribution is 5.34. The van der Waals surface area contributed by atoms with Gasteiger partial charge < -0.3 is 10.5 Å². The number of halogens is 1. The van der Waals surface area contributed by atoms with Crippen molar-refractivity contribution in [3.63, 3.8) is 0 Å². The van der Waals surface area contributed by atoms with Gasteiger partial charge in [-0.2, -0.15) is 0 Å². The predicted octanol–water partition coefficient (Wildman–Crippen LogP) is 2.02. The third-order valence-corrected chi connectivity index (χ3v) is 1.83. The van der Waals surface area contributed by atoms with E-state index in [2.05, 4.69) is 6.58 Å². The normalized spacial score (nSPS) is 12.2. The fourth-order valence-electron chi connectivity index (χ4n) is 1.07. The minimum atomic E-state index is -0.491. The first-order valence-electron chi connectivity index (χ1n) is 3.91. The Morgan fingerprint density at radius 1 is 1.62 bits per heavy atom. The molecule has 0 fully saturated rings. The Kier molecular flexibility index (Phi) is 3.03. The van der Waals surface area contributed by atoms with Crippen LogP contribution in [0, 0.1) is 5.82 Å². The van der Waals surface area contributed by atoms with Gasteiger partial charge in [0.25, 0.3) is 0 Å². The molecule has 1 rings (SSSR count). The molecule has 1 aromatic rings. The number of hydrogen-bond acceptors (Lipinski definition) is 2. The largest absolute Gasteiger partial charge is 0.494 e. The Morgan fingerprint density at radius 2 is 2.31 bits per heavy atom. The molecule has 0 spiro atoms. The summed E-state index contributed by atoms with van der Waals surface area (Å²) in [6, 6.07) is 4.37. The van der Waals surface area contributed by atoms with Crippen LogP contribution in [-0.2, 0) is 0 Å². The predicted molar refractivity (Wildman–Crippen MR) is 50.1 cm³/mol. The Labute approximate surface area is 76.8 Å². The standard InChI is InChI=1S/C10H12FNO/c1-3-8(12)7-5-4-6-9(13-2)10(7)11/h3-6,8H,1,12H2,2H3/t8-/m1/s1. The van der Waals surface area contributed by atoms with Crippen LogP contribution in [0.2, 0.25) is 0 Å². The van der Waals surface area contributed by atoms with Gasteiger partial charge in [-0.3, -0.25) is 0 Å². The van der Waals surface area contributed by atoms with Crippen molar-refractivity contribution in [2.24, 2.45) is 5.73 Å². The van der Waals surface area contributed by atoms with Gasteiger partial charge in [-0.05, 0) is 6.07 Å². The first kappa shape index (κ1) is 9.74. The topological polar surface area (TPSA) is 35.2 Å². The van der Waals surface area contributed by atoms with Crippen LogP contribution in [0.5, 0.6) is 5.75 Å². The Balaban J connectivity index is 3.14. The highest BCUT2D eigenvalue weighted by Crippen LogP contribution is 2.23. The molecule has 0 aliphatic carbocycles. The molecular weight excluding hydrogens is 169 g/mol. The van der Waals surface area contributed by atoms with Crippen molar-refractivity contribution in [1.29, 1.82) is 0 Å². The van der Waals surface area contributed by atoms with Crippen LogP contribution in [0.15, 0.2) is 30.9 Å². The summed E-state index contributed by atoms with van der Waals surface area (Å²) < 4.78 is 18.3. The minimum absolute atomic E-state index is 0.204. The molecule has 1 aromatic carbocycles. The van der Waals surface area contributed by atoms with E-state index in [4.69, 9.17) is 10.5 Å². The number of benzene rings is 1. The Hall–Kier alpha value is -1.35. The molecule has 0 unspecified atom stereocenters. The lowest BCUT2D eigenvalue weighted by molar-refractivity contribution is 0.383. The molecule has 3 heteroatoms. The van der Waals surface area contributed by atoms with Crippen LogP contribution in [0.3, 0.4) is 0 Å². The number of rotatable bonds is 3. The second kappa shape index (κ2) is 4.05. The molecule has 2 nitrogen and oxygen atoms in total. The quantitative estimate of drug-likeness (QED) is 0.724. The van der Waals surface area contributed by atoms with Crippen LogP contribution in [0.4, 0.5) is 4.39 Å². The van der Waals surface area contributed by atoms with Gasteiger partial charge in [0, 0.05) is 5.56 Å². The van der Waals surface area contributed by atoms with Gasteiger partial charge in [0.2, 0.25) is 0 Å². The van der Waals surface area contributed by atoms with Gasteiger partial charge >= 0.3 is 0 Å². The van der Waals surface area contributed by atoms with Gasteiger partial charge in [-0.15, -0.1) is 6.58 Å². The highest BCUT2D eigenvalue weighted by atomic mass is 19.1. The number of hydrogen-bond donors (Lipinski definition) is 1. The van der Waals surface area contributed by atoms with E-state index >= 15 is 0 Å². The molecule has 2 N–H and O–H groups in total. The van der Waals surface area contributed by atoms with E-state index in [-0.39, 0.29) is 5.75 Å². The van der Waals surface area contributed by atoms with Crippen LogP contribution in [-0.4, -0.2) is 7.11 Å². The monoisotopic (exact) mass is 181 g/mol. The van der Waals surface area contributed by atoms with E-state index in [0.29, 0.717) is 5.56 Å². The maximum atomic E-state index is 13.5. The summed E-state index contributed by atoms with van der Waals surface area (Å²) in [6.45, 7) is 3.50. The molecule has 0 saturated carbocycles. The Morgan fingerprint density at radius 3 is 2.85 bits per heavy atom. The molecule has 0 bridgehead atoms. The SMILES string of the molecule is C=C[C@@H](N)c1cccc(OC)c1F. The molecule has 13 heavy (non-hydrogen) atoms. The van der Waals surface area contributed by atoms with Gasteiger partial charge in [-0.1, -0.05) is 18.2 Å². The lowest BCUT2D eigenvalue weighted by Crippen LogP contribution is -2.09. The zero-order chi connectivity index (χ0) is 9.84. The maximum absolute atomic E-state index is 13.5. The summed E-state index contributed by atoms with van der Waals surface area (Å²) in [5.74, 6) is -0.216. The van der Waals surface area contributed by atoms with Crippen LogP contribution in [0.25, 0.3) is 0 Å². The molecule has 0 aliphatic rings. The lowest BCUT2D eigenvalue weighted by atomic mass is 10.1. The van der Waals surface area contributed by atoms with E-state index in [1.165, 1.54) is 13.2 Å². The molecule has 1 atom stereocenters. The Bertz CT molecular complexity index is 312. The summed E-state index contributed by atoms with van der Waals surface area (Å²) in [6.07, 6.45) is 1.48. The summed E-state index contributed by atoms with van der Waals surface area (Å²) >= 11 is 0. The van der Waals surface area contributed by atoms with E-state index in [0.717, 1.165) is 0 Å². The number of methoxy groups -OCH3 is 1. The van der Waals surface area contributed by atoms with E-state index < -0.39 is 11.9 Å². The van der Waals surface area contributed by atoms with Crippen molar-refractivity contribution in [1.82, 2.24) is 0 Å². The lowest BCUT2D eigenvalue weighted by Gasteiger charge is -2.10. The van der Waals surface area contributed by atoms with Crippen molar-refractivity contribution < 1.29 is 9.13 Å². The fourth-order valence-corrected chi connectivity index (χ4v) is 1.07. The van der Waals surface area contributed by atoms with Crippen molar-refractivity contribution in [3.8, 4) is 5.75 Å². The van der Waals surface area contributed by atoms with Crippen molar-refractivity contribution in [2.75, 3.05) is 7.11 Å². The molecule has 0 aromatic heterocycles.